The van der Waals surface area contributed by atoms with Crippen LogP contribution in [0.15, 0.2) is 12.2 Å². The molecule has 3 unspecified atom stereocenters. The van der Waals surface area contributed by atoms with Crippen LogP contribution in [0.5, 0.6) is 0 Å². The van der Waals surface area contributed by atoms with Gasteiger partial charge >= 0.3 is 0 Å². The first-order valence-corrected chi connectivity index (χ1v) is 5.64. The van der Waals surface area contributed by atoms with Gasteiger partial charge in [0.2, 0.25) is 0 Å². The van der Waals surface area contributed by atoms with Crippen LogP contribution in [-0.2, 0) is 0 Å². The van der Waals surface area contributed by atoms with Gasteiger partial charge in [-0.05, 0) is 24.7 Å². The lowest BCUT2D eigenvalue weighted by molar-refractivity contribution is 0.150. The zero-order valence-electron chi connectivity index (χ0n) is 8.87. The predicted octanol–water partition coefficient (Wildman–Crippen LogP) is 3.14. The summed E-state index contributed by atoms with van der Waals surface area (Å²) in [6, 6.07) is 0. The van der Waals surface area contributed by atoms with Crippen LogP contribution in [0.3, 0.4) is 0 Å². The molecule has 0 aromatic rings. The predicted molar refractivity (Wildman–Crippen MR) is 56.6 cm³/mol. The maximum absolute atomic E-state index is 9.51. The van der Waals surface area contributed by atoms with Gasteiger partial charge in [0.25, 0.3) is 0 Å². The van der Waals surface area contributed by atoms with Crippen LogP contribution in [0.2, 0.25) is 0 Å². The Balaban J connectivity index is 2.50. The van der Waals surface area contributed by atoms with E-state index in [1.54, 1.807) is 0 Å². The Kier molecular flexibility index (Phi) is 4.51. The van der Waals surface area contributed by atoms with Crippen LogP contribution < -0.4 is 0 Å². The summed E-state index contributed by atoms with van der Waals surface area (Å²) >= 11 is 0. The molecule has 3 atom stereocenters. The average Bonchev–Trinajstić information content (AvgIpc) is 2.10. The van der Waals surface area contributed by atoms with E-state index in [9.17, 15) is 5.11 Å². The molecule has 0 radical (unpaired) electrons. The van der Waals surface area contributed by atoms with Crippen molar-refractivity contribution in [3.8, 4) is 0 Å². The Morgan fingerprint density at radius 3 is 2.46 bits per heavy atom. The summed E-state index contributed by atoms with van der Waals surface area (Å²) in [4.78, 5) is 0. The van der Waals surface area contributed by atoms with Crippen LogP contribution in [0.25, 0.3) is 0 Å². The Hall–Kier alpha value is -0.300. The summed E-state index contributed by atoms with van der Waals surface area (Å²) in [7, 11) is 0. The van der Waals surface area contributed by atoms with Crippen LogP contribution in [-0.4, -0.2) is 11.2 Å². The highest BCUT2D eigenvalue weighted by Gasteiger charge is 2.23. The molecule has 0 saturated carbocycles. The number of aliphatic hydroxyl groups is 1. The third kappa shape index (κ3) is 3.15. The van der Waals surface area contributed by atoms with Crippen LogP contribution >= 0.6 is 0 Å². The third-order valence-electron chi connectivity index (χ3n) is 3.01. The first-order chi connectivity index (χ1) is 6.27. The smallest absolute Gasteiger partial charge is 0.0723 e. The van der Waals surface area contributed by atoms with E-state index >= 15 is 0 Å². The topological polar surface area (TPSA) is 20.2 Å². The number of aliphatic hydroxyl groups excluding tert-OH is 1. The van der Waals surface area contributed by atoms with Gasteiger partial charge in [0, 0.05) is 0 Å². The normalized spacial score (nSPS) is 33.6. The van der Waals surface area contributed by atoms with Gasteiger partial charge in [0.1, 0.15) is 0 Å². The standard InChI is InChI=1S/C12H22O/c1-3-5-10-7-8-12(13)9-11(10)6-4-2/h7-8,10-13H,3-6,9H2,1-2H3. The van der Waals surface area contributed by atoms with Gasteiger partial charge in [-0.15, -0.1) is 0 Å². The number of hydrogen-bond acceptors (Lipinski definition) is 1. The SMILES string of the molecule is CCCC1C=CC(O)CC1CCC. The molecular formula is C12H22O. The molecule has 0 aromatic carbocycles. The second kappa shape index (κ2) is 5.43. The molecule has 1 heteroatoms. The van der Waals surface area contributed by atoms with Gasteiger partial charge in [0.05, 0.1) is 6.10 Å². The molecule has 1 nitrogen and oxygen atoms in total. The van der Waals surface area contributed by atoms with Crippen LogP contribution in [0.4, 0.5) is 0 Å². The van der Waals surface area contributed by atoms with Gasteiger partial charge in [-0.25, -0.2) is 0 Å². The Labute approximate surface area is 81.9 Å². The summed E-state index contributed by atoms with van der Waals surface area (Å²) in [6.07, 6.45) is 10.1. The minimum absolute atomic E-state index is 0.176. The molecule has 0 aliphatic heterocycles. The summed E-state index contributed by atoms with van der Waals surface area (Å²) in [5.41, 5.74) is 0. The van der Waals surface area contributed by atoms with Crippen molar-refractivity contribution < 1.29 is 5.11 Å². The largest absolute Gasteiger partial charge is 0.389 e. The van der Waals surface area contributed by atoms with Crippen LogP contribution in [0.1, 0.15) is 46.0 Å². The molecule has 0 fully saturated rings. The lowest BCUT2D eigenvalue weighted by Crippen LogP contribution is -2.23. The summed E-state index contributed by atoms with van der Waals surface area (Å²) in [5, 5.41) is 9.51. The summed E-state index contributed by atoms with van der Waals surface area (Å²) in [5.74, 6) is 1.46. The van der Waals surface area contributed by atoms with E-state index in [0.717, 1.165) is 18.3 Å². The second-order valence-electron chi connectivity index (χ2n) is 4.19. The van der Waals surface area contributed by atoms with Crippen molar-refractivity contribution in [3.63, 3.8) is 0 Å². The first kappa shape index (κ1) is 10.8. The summed E-state index contributed by atoms with van der Waals surface area (Å²) in [6.45, 7) is 4.47. The number of rotatable bonds is 4. The molecule has 13 heavy (non-hydrogen) atoms. The Morgan fingerprint density at radius 2 is 1.85 bits per heavy atom. The lowest BCUT2D eigenvalue weighted by atomic mass is 9.78. The van der Waals surface area contributed by atoms with Gasteiger partial charge in [-0.1, -0.05) is 45.3 Å². The molecule has 0 spiro atoms. The van der Waals surface area contributed by atoms with Gasteiger partial charge in [-0.2, -0.15) is 0 Å². The van der Waals surface area contributed by atoms with Gasteiger partial charge in [0.15, 0.2) is 0 Å². The number of allylic oxidation sites excluding steroid dienone is 1. The molecule has 0 aromatic heterocycles. The zero-order valence-corrected chi connectivity index (χ0v) is 8.87. The third-order valence-corrected chi connectivity index (χ3v) is 3.01. The minimum atomic E-state index is -0.176. The van der Waals surface area contributed by atoms with E-state index in [2.05, 4.69) is 19.9 Å². The van der Waals surface area contributed by atoms with Crippen molar-refractivity contribution in [1.82, 2.24) is 0 Å². The zero-order chi connectivity index (χ0) is 9.68. The monoisotopic (exact) mass is 182 g/mol. The van der Waals surface area contributed by atoms with Crippen molar-refractivity contribution in [2.45, 2.75) is 52.1 Å². The molecule has 0 saturated heterocycles. The van der Waals surface area contributed by atoms with E-state index < -0.39 is 0 Å². The fourth-order valence-corrected chi connectivity index (χ4v) is 2.36. The van der Waals surface area contributed by atoms with Crippen LogP contribution in [0, 0.1) is 11.8 Å². The maximum atomic E-state index is 9.51. The lowest BCUT2D eigenvalue weighted by Gasteiger charge is -2.29. The van der Waals surface area contributed by atoms with Crippen molar-refractivity contribution in [2.75, 3.05) is 0 Å². The van der Waals surface area contributed by atoms with Crippen molar-refractivity contribution in [2.24, 2.45) is 11.8 Å². The molecule has 1 aliphatic rings. The average molecular weight is 182 g/mol. The van der Waals surface area contributed by atoms with E-state index in [1.165, 1.54) is 25.7 Å². The van der Waals surface area contributed by atoms with Gasteiger partial charge < -0.3 is 5.11 Å². The highest BCUT2D eigenvalue weighted by Crippen LogP contribution is 2.31. The van der Waals surface area contributed by atoms with E-state index in [1.807, 2.05) is 6.08 Å². The number of hydrogen-bond donors (Lipinski definition) is 1. The van der Waals surface area contributed by atoms with Gasteiger partial charge in [-0.3, -0.25) is 0 Å². The van der Waals surface area contributed by atoms with E-state index in [0.29, 0.717) is 0 Å². The molecule has 1 rings (SSSR count). The molecule has 0 bridgehead atoms. The van der Waals surface area contributed by atoms with Crippen molar-refractivity contribution in [1.29, 1.82) is 0 Å². The maximum Gasteiger partial charge on any atom is 0.0723 e. The molecule has 1 N–H and O–H groups in total. The van der Waals surface area contributed by atoms with Crippen molar-refractivity contribution >= 4 is 0 Å². The summed E-state index contributed by atoms with van der Waals surface area (Å²) < 4.78 is 0. The Morgan fingerprint density at radius 1 is 1.15 bits per heavy atom. The van der Waals surface area contributed by atoms with E-state index in [-0.39, 0.29) is 6.10 Å². The fraction of sp³-hybridized carbons (Fsp3) is 0.833. The fourth-order valence-electron chi connectivity index (χ4n) is 2.36. The van der Waals surface area contributed by atoms with E-state index in [4.69, 9.17) is 0 Å². The second-order valence-corrected chi connectivity index (χ2v) is 4.19. The first-order valence-electron chi connectivity index (χ1n) is 5.64. The highest BCUT2D eigenvalue weighted by molar-refractivity contribution is 5.01. The Bertz CT molecular complexity index is 163. The minimum Gasteiger partial charge on any atom is -0.389 e. The quantitative estimate of drug-likeness (QED) is 0.662. The highest BCUT2D eigenvalue weighted by atomic mass is 16.3. The molecule has 76 valence electrons. The molecule has 0 heterocycles. The molecular weight excluding hydrogens is 160 g/mol. The molecule has 0 amide bonds. The van der Waals surface area contributed by atoms with Crippen molar-refractivity contribution in [3.05, 3.63) is 12.2 Å². The molecule has 1 aliphatic carbocycles.